The molecule has 0 aromatic rings. The fourth-order valence-electron chi connectivity index (χ4n) is 2.06. The number of hydrogen-bond acceptors (Lipinski definition) is 0. The minimum atomic E-state index is 1.05. The number of hydrogen-bond donors (Lipinski definition) is 0. The van der Waals surface area contributed by atoms with Crippen molar-refractivity contribution in [1.29, 1.82) is 0 Å². The second-order valence-electron chi connectivity index (χ2n) is 5.45. The molecule has 0 saturated heterocycles. The maximum absolute atomic E-state index is 3.32. The average molecular weight is 317 g/mol. The molecule has 0 spiro atoms. The topological polar surface area (TPSA) is 0 Å². The van der Waals surface area contributed by atoms with Gasteiger partial charge in [0.15, 0.2) is 0 Å². The van der Waals surface area contributed by atoms with Crippen LogP contribution in [0.4, 0.5) is 0 Å². The van der Waals surface area contributed by atoms with Crippen LogP contribution in [0.2, 0.25) is 0 Å². The summed E-state index contributed by atoms with van der Waals surface area (Å²) in [6.45, 7) is 0. The molecule has 0 saturated carbocycles. The highest BCUT2D eigenvalue weighted by atomic mass is 13.9. The lowest BCUT2D eigenvalue weighted by Gasteiger charge is -1.96. The van der Waals surface area contributed by atoms with E-state index in [0.29, 0.717) is 0 Å². The average Bonchev–Trinajstić information content (AvgIpc) is 2.59. The zero-order valence-corrected chi connectivity index (χ0v) is 14.6. The van der Waals surface area contributed by atoms with Crippen LogP contribution in [0.5, 0.6) is 0 Å². The van der Waals surface area contributed by atoms with Crippen molar-refractivity contribution in [3.63, 3.8) is 0 Å². The van der Waals surface area contributed by atoms with Gasteiger partial charge in [-0.15, -0.1) is 0 Å². The van der Waals surface area contributed by atoms with Gasteiger partial charge in [-0.3, -0.25) is 0 Å². The molecular formula is C24H29. The van der Waals surface area contributed by atoms with Crippen molar-refractivity contribution >= 4 is 0 Å². The molecule has 0 unspecified atom stereocenters. The zero-order valence-electron chi connectivity index (χ0n) is 14.6. The Balaban J connectivity index is 2.48. The molecule has 0 aromatic carbocycles. The summed E-state index contributed by atoms with van der Waals surface area (Å²) in [5, 5.41) is 0. The molecule has 125 valence electrons. The number of rotatable bonds is 0. The van der Waals surface area contributed by atoms with Crippen molar-refractivity contribution in [3.8, 4) is 0 Å². The Kier molecular flexibility index (Phi) is 14.0. The standard InChI is InChI=1S/C24H29/c1-2-4-6-8-10-12-14-16-18-20-22-24-23-21-19-17-15-13-11-9-7-5-3-1/h1-17H,18,20-24H2/b3-1+,4-2+,7-5+,8-6-,11-9+,12-10+,15-13-,16-14+,19-17?. The first kappa shape index (κ1) is 19.7. The van der Waals surface area contributed by atoms with E-state index in [4.69, 9.17) is 0 Å². The first-order valence-corrected chi connectivity index (χ1v) is 8.88. The highest BCUT2D eigenvalue weighted by Gasteiger charge is 1.87. The molecule has 1 radical (unpaired) electrons. The fraction of sp³-hybridized carbons (Fsp3) is 0.250. The van der Waals surface area contributed by atoms with Crippen LogP contribution in [0.3, 0.4) is 0 Å². The van der Waals surface area contributed by atoms with Gasteiger partial charge >= 0.3 is 0 Å². The summed E-state index contributed by atoms with van der Waals surface area (Å²) in [6.07, 6.45) is 45.5. The predicted molar refractivity (Wildman–Crippen MR) is 109 cm³/mol. The van der Waals surface area contributed by atoms with Crippen molar-refractivity contribution in [1.82, 2.24) is 0 Å². The summed E-state index contributed by atoms with van der Waals surface area (Å²) in [5.74, 6) is 0. The Morgan fingerprint density at radius 1 is 0.417 bits per heavy atom. The molecule has 0 amide bonds. The summed E-state index contributed by atoms with van der Waals surface area (Å²) in [4.78, 5) is 0. The lowest BCUT2D eigenvalue weighted by atomic mass is 10.1. The van der Waals surface area contributed by atoms with E-state index in [1.165, 1.54) is 32.1 Å². The third-order valence-corrected chi connectivity index (χ3v) is 3.35. The summed E-state index contributed by atoms with van der Waals surface area (Å²) >= 11 is 0. The molecular weight excluding hydrogens is 288 g/mol. The molecule has 0 heteroatoms. The van der Waals surface area contributed by atoms with E-state index in [-0.39, 0.29) is 0 Å². The van der Waals surface area contributed by atoms with Gasteiger partial charge in [-0.1, -0.05) is 116 Å². The Labute approximate surface area is 148 Å². The van der Waals surface area contributed by atoms with Crippen molar-refractivity contribution in [2.45, 2.75) is 38.5 Å². The van der Waals surface area contributed by atoms with E-state index in [0.717, 1.165) is 6.42 Å². The van der Waals surface area contributed by atoms with E-state index in [9.17, 15) is 0 Å². The molecule has 0 aromatic heterocycles. The van der Waals surface area contributed by atoms with Crippen LogP contribution in [0.15, 0.2) is 103 Å². The van der Waals surface area contributed by atoms with Crippen molar-refractivity contribution in [2.24, 2.45) is 0 Å². The van der Waals surface area contributed by atoms with Crippen LogP contribution in [0.1, 0.15) is 38.5 Å². The third-order valence-electron chi connectivity index (χ3n) is 3.35. The molecule has 1 rings (SSSR count). The smallest absolute Gasteiger partial charge is 0.0276 e. The SMILES string of the molecule is [C]1=C/C=C\C=C\C=C\C=C\C=C\C=C/C=C/C=C/CCCCCC/1. The van der Waals surface area contributed by atoms with Gasteiger partial charge in [0.2, 0.25) is 0 Å². The van der Waals surface area contributed by atoms with E-state index in [2.05, 4.69) is 30.4 Å². The van der Waals surface area contributed by atoms with Crippen LogP contribution in [0, 0.1) is 6.08 Å². The second-order valence-corrected chi connectivity index (χ2v) is 5.45. The predicted octanol–water partition coefficient (Wildman–Crippen LogP) is 7.15. The Morgan fingerprint density at radius 3 is 1.46 bits per heavy atom. The van der Waals surface area contributed by atoms with Gasteiger partial charge in [0.1, 0.15) is 0 Å². The quantitative estimate of drug-likeness (QED) is 0.445. The first-order valence-electron chi connectivity index (χ1n) is 8.88. The molecule has 0 nitrogen and oxygen atoms in total. The highest BCUT2D eigenvalue weighted by Crippen LogP contribution is 2.06. The van der Waals surface area contributed by atoms with Gasteiger partial charge in [-0.2, -0.15) is 0 Å². The molecule has 0 N–H and O–H groups in total. The van der Waals surface area contributed by atoms with Gasteiger partial charge in [-0.05, 0) is 31.8 Å². The summed E-state index contributed by atoms with van der Waals surface area (Å²) in [6, 6.07) is 0. The maximum atomic E-state index is 3.32. The molecule has 0 heterocycles. The molecule has 0 atom stereocenters. The monoisotopic (exact) mass is 317 g/mol. The van der Waals surface area contributed by atoms with Crippen LogP contribution in [0.25, 0.3) is 0 Å². The summed E-state index contributed by atoms with van der Waals surface area (Å²) < 4.78 is 0. The van der Waals surface area contributed by atoms with Crippen molar-refractivity contribution in [2.75, 3.05) is 0 Å². The van der Waals surface area contributed by atoms with Crippen LogP contribution >= 0.6 is 0 Å². The molecule has 0 bridgehead atoms. The molecule has 1 aliphatic carbocycles. The van der Waals surface area contributed by atoms with Gasteiger partial charge in [-0.25, -0.2) is 0 Å². The van der Waals surface area contributed by atoms with Gasteiger partial charge in [0.25, 0.3) is 0 Å². The lowest BCUT2D eigenvalue weighted by molar-refractivity contribution is 0.649. The van der Waals surface area contributed by atoms with Gasteiger partial charge in [0, 0.05) is 0 Å². The largest absolute Gasteiger partial charge is 0.0845 e. The molecule has 1 aliphatic rings. The fourth-order valence-corrected chi connectivity index (χ4v) is 2.06. The van der Waals surface area contributed by atoms with Crippen molar-refractivity contribution in [3.05, 3.63) is 109 Å². The summed E-state index contributed by atoms with van der Waals surface area (Å²) in [7, 11) is 0. The van der Waals surface area contributed by atoms with E-state index < -0.39 is 0 Å². The summed E-state index contributed by atoms with van der Waals surface area (Å²) in [5.41, 5.74) is 0. The van der Waals surface area contributed by atoms with Crippen LogP contribution in [-0.4, -0.2) is 0 Å². The molecule has 0 fully saturated rings. The molecule has 24 heavy (non-hydrogen) atoms. The van der Waals surface area contributed by atoms with Gasteiger partial charge in [0.05, 0.1) is 0 Å². The second kappa shape index (κ2) is 17.0. The Hall–Kier alpha value is -2.34. The minimum Gasteiger partial charge on any atom is -0.0845 e. The maximum Gasteiger partial charge on any atom is -0.0276 e. The third kappa shape index (κ3) is 14.6. The van der Waals surface area contributed by atoms with E-state index in [1.807, 2.05) is 79.0 Å². The molecule has 0 aliphatic heterocycles. The van der Waals surface area contributed by atoms with E-state index in [1.54, 1.807) is 0 Å². The first-order chi connectivity index (χ1) is 12.0. The van der Waals surface area contributed by atoms with Crippen LogP contribution < -0.4 is 0 Å². The van der Waals surface area contributed by atoms with E-state index >= 15 is 0 Å². The van der Waals surface area contributed by atoms with Gasteiger partial charge < -0.3 is 0 Å². The number of allylic oxidation sites excluding steroid dienone is 18. The Bertz CT molecular complexity index is 493. The minimum absolute atomic E-state index is 1.05. The Morgan fingerprint density at radius 2 is 0.875 bits per heavy atom. The van der Waals surface area contributed by atoms with Crippen molar-refractivity contribution < 1.29 is 0 Å². The normalized spacial score (nSPS) is 30.0. The highest BCUT2D eigenvalue weighted by molar-refractivity contribution is 5.21. The zero-order chi connectivity index (χ0) is 17.0. The van der Waals surface area contributed by atoms with Crippen LogP contribution in [-0.2, 0) is 0 Å². The lowest BCUT2D eigenvalue weighted by Crippen LogP contribution is -1.76.